The largest absolute Gasteiger partial charge is 0.488 e. The summed E-state index contributed by atoms with van der Waals surface area (Å²) in [6.07, 6.45) is 2.43. The number of nitrogens with zero attached hydrogens (tertiary/aromatic N) is 2. The van der Waals surface area contributed by atoms with Gasteiger partial charge in [-0.3, -0.25) is 9.36 Å². The molecule has 45 heavy (non-hydrogen) atoms. The number of hydrogen-bond donors (Lipinski definition) is 0. The van der Waals surface area contributed by atoms with Crippen molar-refractivity contribution in [3.05, 3.63) is 157 Å². The van der Waals surface area contributed by atoms with Crippen molar-refractivity contribution < 1.29 is 14.3 Å². The van der Waals surface area contributed by atoms with Gasteiger partial charge in [-0.2, -0.15) is 0 Å². The lowest BCUT2D eigenvalue weighted by Gasteiger charge is -2.25. The second-order valence-electron chi connectivity index (χ2n) is 10.8. The summed E-state index contributed by atoms with van der Waals surface area (Å²) in [6, 6.07) is 35.5. The minimum atomic E-state index is -0.651. The highest BCUT2D eigenvalue weighted by atomic mass is 32.1. The predicted molar refractivity (Wildman–Crippen MR) is 179 cm³/mol. The maximum Gasteiger partial charge on any atom is 0.338 e. The number of rotatable bonds is 7. The number of aromatic nitrogens is 1. The Morgan fingerprint density at radius 2 is 1.56 bits per heavy atom. The Balaban J connectivity index is 1.40. The van der Waals surface area contributed by atoms with Crippen LogP contribution in [0.5, 0.6) is 5.75 Å². The normalized spacial score (nSPS) is 14.8. The molecule has 0 spiro atoms. The van der Waals surface area contributed by atoms with Crippen LogP contribution in [0.25, 0.3) is 27.6 Å². The van der Waals surface area contributed by atoms with Gasteiger partial charge in [-0.1, -0.05) is 121 Å². The Hall–Kier alpha value is -5.27. The highest BCUT2D eigenvalue weighted by molar-refractivity contribution is 7.07. The number of methoxy groups -OCH3 is 1. The molecule has 0 bridgehead atoms. The van der Waals surface area contributed by atoms with Crippen LogP contribution in [0.4, 0.5) is 0 Å². The first-order chi connectivity index (χ1) is 22.1. The van der Waals surface area contributed by atoms with Crippen LogP contribution in [0.1, 0.15) is 36.1 Å². The van der Waals surface area contributed by atoms with E-state index >= 15 is 0 Å². The maximum atomic E-state index is 14.3. The predicted octanol–water partition coefficient (Wildman–Crippen LogP) is 6.68. The van der Waals surface area contributed by atoms with Gasteiger partial charge in [0.1, 0.15) is 12.4 Å². The Morgan fingerprint density at radius 1 is 0.867 bits per heavy atom. The maximum absolute atomic E-state index is 14.3. The number of carbonyl (C=O) groups excluding carboxylic acids is 1. The third-order valence-corrected chi connectivity index (χ3v) is 9.22. The number of thiazole rings is 1. The second-order valence-corrected chi connectivity index (χ2v) is 11.8. The number of benzene rings is 5. The molecule has 5 aromatic carbocycles. The summed E-state index contributed by atoms with van der Waals surface area (Å²) in [5.74, 6) is 0.188. The van der Waals surface area contributed by atoms with Gasteiger partial charge in [-0.05, 0) is 51.2 Å². The van der Waals surface area contributed by atoms with Crippen molar-refractivity contribution in [3.63, 3.8) is 0 Å². The Kier molecular flexibility index (Phi) is 7.61. The van der Waals surface area contributed by atoms with E-state index in [1.54, 1.807) is 4.57 Å². The van der Waals surface area contributed by atoms with Crippen LogP contribution < -0.4 is 19.6 Å². The molecule has 7 heteroatoms. The van der Waals surface area contributed by atoms with Crippen molar-refractivity contribution in [2.24, 2.45) is 4.99 Å². The highest BCUT2D eigenvalue weighted by Crippen LogP contribution is 2.33. The summed E-state index contributed by atoms with van der Waals surface area (Å²) in [6.45, 7) is 2.33. The zero-order valence-corrected chi connectivity index (χ0v) is 25.7. The average Bonchev–Trinajstić information content (AvgIpc) is 3.40. The fraction of sp³-hybridized carbons (Fsp3) is 0.132. The second kappa shape index (κ2) is 12.0. The Bertz CT molecular complexity index is 2300. The summed E-state index contributed by atoms with van der Waals surface area (Å²) in [4.78, 5) is 32.8. The van der Waals surface area contributed by atoms with Crippen LogP contribution in [0.2, 0.25) is 0 Å². The number of esters is 1. The molecular weight excluding hydrogens is 580 g/mol. The number of fused-ring (bicyclic) bond motifs is 3. The number of carbonyl (C=O) groups is 1. The summed E-state index contributed by atoms with van der Waals surface area (Å²) >= 11 is 1.32. The summed E-state index contributed by atoms with van der Waals surface area (Å²) < 4.78 is 13.8. The molecule has 1 aliphatic rings. The van der Waals surface area contributed by atoms with E-state index in [4.69, 9.17) is 14.5 Å². The van der Waals surface area contributed by atoms with E-state index in [-0.39, 0.29) is 5.56 Å². The molecule has 6 aromatic rings. The standard InChI is InChI=1S/C38H30N2O4S/c1-3-31-34(37(42)43-2)35(26-14-5-4-6-15-26)40-36(41)33(45-38(40)39-31)22-30-29-19-10-8-13-25(29)20-21-32(30)44-23-27-17-11-16-24-12-7-9-18-28(24)27/h4-22,35H,3,23H2,1-2H3/b33-22+/t35-/m1/s1. The quantitative estimate of drug-likeness (QED) is 0.189. The van der Waals surface area contributed by atoms with Gasteiger partial charge >= 0.3 is 5.97 Å². The smallest absolute Gasteiger partial charge is 0.338 e. The average molecular weight is 611 g/mol. The summed E-state index contributed by atoms with van der Waals surface area (Å²) in [5.41, 5.74) is 3.49. The van der Waals surface area contributed by atoms with Crippen LogP contribution in [0.15, 0.2) is 130 Å². The fourth-order valence-electron chi connectivity index (χ4n) is 6.07. The molecule has 1 aromatic heterocycles. The third-order valence-electron chi connectivity index (χ3n) is 8.23. The Labute approximate surface area is 263 Å². The van der Waals surface area contributed by atoms with Gasteiger partial charge in [-0.25, -0.2) is 9.79 Å². The van der Waals surface area contributed by atoms with Crippen molar-refractivity contribution in [2.45, 2.75) is 26.0 Å². The van der Waals surface area contributed by atoms with Crippen LogP contribution in [0.3, 0.4) is 0 Å². The fourth-order valence-corrected chi connectivity index (χ4v) is 7.07. The van der Waals surface area contributed by atoms with Crippen LogP contribution in [-0.4, -0.2) is 17.6 Å². The Morgan fingerprint density at radius 3 is 2.31 bits per heavy atom. The van der Waals surface area contributed by atoms with Crippen molar-refractivity contribution >= 4 is 44.9 Å². The highest BCUT2D eigenvalue weighted by Gasteiger charge is 2.33. The molecule has 0 aliphatic carbocycles. The molecule has 6 nitrogen and oxygen atoms in total. The monoisotopic (exact) mass is 610 g/mol. The molecule has 0 N–H and O–H groups in total. The first kappa shape index (κ1) is 28.5. The van der Waals surface area contributed by atoms with E-state index in [0.29, 0.717) is 39.4 Å². The minimum Gasteiger partial charge on any atom is -0.488 e. The van der Waals surface area contributed by atoms with Gasteiger partial charge in [0.05, 0.1) is 29.0 Å². The third kappa shape index (κ3) is 5.15. The van der Waals surface area contributed by atoms with Gasteiger partial charge in [0.2, 0.25) is 0 Å². The zero-order valence-electron chi connectivity index (χ0n) is 24.9. The molecule has 2 heterocycles. The van der Waals surface area contributed by atoms with Gasteiger partial charge in [0, 0.05) is 5.56 Å². The van der Waals surface area contributed by atoms with Gasteiger partial charge in [0.25, 0.3) is 5.56 Å². The number of ether oxygens (including phenoxy) is 2. The lowest BCUT2D eigenvalue weighted by Crippen LogP contribution is -2.40. The molecule has 222 valence electrons. The molecule has 0 fully saturated rings. The number of allylic oxidation sites excluding steroid dienone is 1. The van der Waals surface area contributed by atoms with Crippen LogP contribution in [0, 0.1) is 0 Å². The zero-order chi connectivity index (χ0) is 30.9. The molecule has 7 rings (SSSR count). The van der Waals surface area contributed by atoms with Crippen molar-refractivity contribution in [1.82, 2.24) is 4.57 Å². The minimum absolute atomic E-state index is 0.225. The van der Waals surface area contributed by atoms with E-state index < -0.39 is 12.0 Å². The lowest BCUT2D eigenvalue weighted by molar-refractivity contribution is -0.136. The van der Waals surface area contributed by atoms with Crippen LogP contribution in [-0.2, 0) is 16.1 Å². The molecular formula is C38H30N2O4S. The van der Waals surface area contributed by atoms with Crippen molar-refractivity contribution in [1.29, 1.82) is 0 Å². The van der Waals surface area contributed by atoms with Crippen molar-refractivity contribution in [2.75, 3.05) is 7.11 Å². The molecule has 0 saturated heterocycles. The van der Waals surface area contributed by atoms with Gasteiger partial charge < -0.3 is 9.47 Å². The topological polar surface area (TPSA) is 69.9 Å². The van der Waals surface area contributed by atoms with E-state index in [1.807, 2.05) is 97.9 Å². The lowest BCUT2D eigenvalue weighted by atomic mass is 9.95. The van der Waals surface area contributed by atoms with E-state index in [2.05, 4.69) is 24.3 Å². The van der Waals surface area contributed by atoms with E-state index in [1.165, 1.54) is 18.4 Å². The molecule has 0 radical (unpaired) electrons. The summed E-state index contributed by atoms with van der Waals surface area (Å²) in [5, 5.41) is 4.31. The molecule has 1 atom stereocenters. The number of hydrogen-bond acceptors (Lipinski definition) is 6. The van der Waals surface area contributed by atoms with Gasteiger partial charge in [0.15, 0.2) is 4.80 Å². The van der Waals surface area contributed by atoms with E-state index in [0.717, 1.165) is 38.2 Å². The molecule has 0 unspecified atom stereocenters. The first-order valence-electron chi connectivity index (χ1n) is 14.9. The van der Waals surface area contributed by atoms with Gasteiger partial charge in [-0.15, -0.1) is 0 Å². The van der Waals surface area contributed by atoms with Crippen molar-refractivity contribution in [3.8, 4) is 5.75 Å². The molecule has 1 aliphatic heterocycles. The van der Waals surface area contributed by atoms with E-state index in [9.17, 15) is 9.59 Å². The first-order valence-corrected chi connectivity index (χ1v) is 15.7. The summed E-state index contributed by atoms with van der Waals surface area (Å²) in [7, 11) is 1.36. The molecule has 0 saturated carbocycles. The van der Waals surface area contributed by atoms with Crippen LogP contribution >= 0.6 is 11.3 Å². The SMILES string of the molecule is CCC1=C(C(=O)OC)[C@@H](c2ccccc2)n2c(s/c(=C/c3c(OCc4cccc5ccccc45)ccc4ccccc34)c2=O)=N1. The molecule has 0 amide bonds.